The van der Waals surface area contributed by atoms with Crippen molar-refractivity contribution in [2.24, 2.45) is 7.05 Å². The Morgan fingerprint density at radius 2 is 1.85 bits per heavy atom. The molecular formula is C17H25N3. The van der Waals surface area contributed by atoms with Crippen LogP contribution in [0.4, 0.5) is 0 Å². The summed E-state index contributed by atoms with van der Waals surface area (Å²) in [6, 6.07) is 4.80. The van der Waals surface area contributed by atoms with Crippen molar-refractivity contribution >= 4 is 0 Å². The average molecular weight is 271 g/mol. The van der Waals surface area contributed by atoms with E-state index in [4.69, 9.17) is 0 Å². The predicted octanol–water partition coefficient (Wildman–Crippen LogP) is 3.43. The Morgan fingerprint density at radius 3 is 2.45 bits per heavy atom. The second-order valence-corrected chi connectivity index (χ2v) is 5.61. The Bertz CT molecular complexity index is 584. The fraction of sp³-hybridized carbons (Fsp3) is 0.471. The highest BCUT2D eigenvalue weighted by Gasteiger charge is 2.19. The highest BCUT2D eigenvalue weighted by atomic mass is 15.1. The largest absolute Gasteiger partial charge is 0.336 e. The van der Waals surface area contributed by atoms with Gasteiger partial charge in [0, 0.05) is 7.05 Å². The van der Waals surface area contributed by atoms with Gasteiger partial charge in [-0.1, -0.05) is 19.1 Å². The van der Waals surface area contributed by atoms with E-state index >= 15 is 0 Å². The molecule has 2 rings (SSSR count). The molecule has 2 aromatic rings. The molecule has 0 bridgehead atoms. The van der Waals surface area contributed by atoms with Crippen LogP contribution in [0.3, 0.4) is 0 Å². The van der Waals surface area contributed by atoms with Gasteiger partial charge in [0.15, 0.2) is 0 Å². The number of benzene rings is 1. The van der Waals surface area contributed by atoms with Gasteiger partial charge >= 0.3 is 0 Å². The molecule has 0 aliphatic heterocycles. The molecule has 0 aliphatic rings. The summed E-state index contributed by atoms with van der Waals surface area (Å²) in [6.07, 6.45) is 4.95. The van der Waals surface area contributed by atoms with E-state index in [1.54, 1.807) is 0 Å². The lowest BCUT2D eigenvalue weighted by atomic mass is 9.94. The predicted molar refractivity (Wildman–Crippen MR) is 84.0 cm³/mol. The van der Waals surface area contributed by atoms with Crippen LogP contribution in [-0.4, -0.2) is 16.1 Å². The summed E-state index contributed by atoms with van der Waals surface area (Å²) in [5.41, 5.74) is 6.60. The van der Waals surface area contributed by atoms with E-state index in [9.17, 15) is 0 Å². The maximum absolute atomic E-state index is 4.27. The molecule has 1 aromatic heterocycles. The zero-order chi connectivity index (χ0) is 14.7. The Labute approximate surface area is 122 Å². The lowest BCUT2D eigenvalue weighted by molar-refractivity contribution is 0.567. The third kappa shape index (κ3) is 2.93. The maximum atomic E-state index is 4.27. The van der Waals surface area contributed by atoms with Crippen molar-refractivity contribution in [1.82, 2.24) is 14.9 Å². The first kappa shape index (κ1) is 14.8. The Balaban J connectivity index is 2.46. The molecule has 0 amide bonds. The van der Waals surface area contributed by atoms with Crippen molar-refractivity contribution in [3.63, 3.8) is 0 Å². The first-order valence-electron chi connectivity index (χ1n) is 7.32. The first-order valence-corrected chi connectivity index (χ1v) is 7.32. The smallest absolute Gasteiger partial charge is 0.0946 e. The molecule has 20 heavy (non-hydrogen) atoms. The molecule has 0 fully saturated rings. The van der Waals surface area contributed by atoms with Gasteiger partial charge in [-0.3, -0.25) is 0 Å². The molecule has 0 radical (unpaired) electrons. The van der Waals surface area contributed by atoms with E-state index in [1.807, 2.05) is 12.5 Å². The van der Waals surface area contributed by atoms with Crippen LogP contribution in [0.2, 0.25) is 0 Å². The van der Waals surface area contributed by atoms with Gasteiger partial charge < -0.3 is 9.88 Å². The van der Waals surface area contributed by atoms with Crippen LogP contribution in [0, 0.1) is 20.8 Å². The molecule has 1 N–H and O–H groups in total. The molecular weight excluding hydrogens is 246 g/mol. The van der Waals surface area contributed by atoms with Gasteiger partial charge in [0.05, 0.1) is 24.3 Å². The van der Waals surface area contributed by atoms with Crippen LogP contribution in [0.15, 0.2) is 24.7 Å². The molecule has 0 saturated carbocycles. The minimum Gasteiger partial charge on any atom is -0.336 e. The van der Waals surface area contributed by atoms with E-state index in [-0.39, 0.29) is 6.04 Å². The summed E-state index contributed by atoms with van der Waals surface area (Å²) in [4.78, 5) is 4.27. The van der Waals surface area contributed by atoms with Gasteiger partial charge in [-0.25, -0.2) is 4.98 Å². The molecule has 1 unspecified atom stereocenters. The van der Waals surface area contributed by atoms with Crippen molar-refractivity contribution in [2.45, 2.75) is 40.2 Å². The van der Waals surface area contributed by atoms with E-state index < -0.39 is 0 Å². The standard InChI is InChI=1S/C17H25N3/c1-6-7-19-17(16-10-18-11-20(16)5)15-9-13(3)12(2)8-14(15)4/h8-11,17,19H,6-7H2,1-5H3. The normalized spacial score (nSPS) is 12.7. The van der Waals surface area contributed by atoms with Crippen LogP contribution < -0.4 is 5.32 Å². The lowest BCUT2D eigenvalue weighted by Crippen LogP contribution is -2.25. The highest BCUT2D eigenvalue weighted by Crippen LogP contribution is 2.27. The van der Waals surface area contributed by atoms with Crippen molar-refractivity contribution in [2.75, 3.05) is 6.54 Å². The van der Waals surface area contributed by atoms with Crippen LogP contribution in [0.25, 0.3) is 0 Å². The Hall–Kier alpha value is -1.61. The third-order valence-corrected chi connectivity index (χ3v) is 3.94. The fourth-order valence-corrected chi connectivity index (χ4v) is 2.60. The van der Waals surface area contributed by atoms with Gasteiger partial charge in [0.25, 0.3) is 0 Å². The SMILES string of the molecule is CCCNC(c1cc(C)c(C)cc1C)c1cncn1C. The van der Waals surface area contributed by atoms with Gasteiger partial charge in [-0.15, -0.1) is 0 Å². The van der Waals surface area contributed by atoms with Crippen molar-refractivity contribution in [3.05, 3.63) is 52.6 Å². The zero-order valence-corrected chi connectivity index (χ0v) is 13.2. The summed E-state index contributed by atoms with van der Waals surface area (Å²) in [6.45, 7) is 9.74. The monoisotopic (exact) mass is 271 g/mol. The number of rotatable bonds is 5. The summed E-state index contributed by atoms with van der Waals surface area (Å²) < 4.78 is 2.10. The number of imidazole rings is 1. The van der Waals surface area contributed by atoms with Crippen LogP contribution in [0.1, 0.15) is 47.3 Å². The molecule has 1 heterocycles. The van der Waals surface area contributed by atoms with Gasteiger partial charge in [-0.05, 0) is 56.0 Å². The Kier molecular flexibility index (Phi) is 4.61. The van der Waals surface area contributed by atoms with Crippen LogP contribution >= 0.6 is 0 Å². The van der Waals surface area contributed by atoms with Crippen molar-refractivity contribution in [3.8, 4) is 0 Å². The van der Waals surface area contributed by atoms with E-state index in [1.165, 1.54) is 27.9 Å². The van der Waals surface area contributed by atoms with Crippen LogP contribution in [0.5, 0.6) is 0 Å². The zero-order valence-electron chi connectivity index (χ0n) is 13.2. The van der Waals surface area contributed by atoms with Crippen molar-refractivity contribution in [1.29, 1.82) is 0 Å². The fourth-order valence-electron chi connectivity index (χ4n) is 2.60. The minimum atomic E-state index is 0.210. The summed E-state index contributed by atoms with van der Waals surface area (Å²) >= 11 is 0. The summed E-state index contributed by atoms with van der Waals surface area (Å²) in [5, 5.41) is 3.66. The molecule has 1 aromatic carbocycles. The van der Waals surface area contributed by atoms with Gasteiger partial charge in [-0.2, -0.15) is 0 Å². The molecule has 108 valence electrons. The maximum Gasteiger partial charge on any atom is 0.0946 e. The third-order valence-electron chi connectivity index (χ3n) is 3.94. The number of nitrogens with zero attached hydrogens (tertiary/aromatic N) is 2. The number of hydrogen-bond donors (Lipinski definition) is 1. The topological polar surface area (TPSA) is 29.9 Å². The number of nitrogens with one attached hydrogen (secondary N) is 1. The van der Waals surface area contributed by atoms with E-state index in [2.05, 4.69) is 61.7 Å². The van der Waals surface area contributed by atoms with E-state index in [0.29, 0.717) is 0 Å². The summed E-state index contributed by atoms with van der Waals surface area (Å²) in [5.74, 6) is 0. The molecule has 3 nitrogen and oxygen atoms in total. The van der Waals surface area contributed by atoms with Crippen molar-refractivity contribution < 1.29 is 0 Å². The number of aromatic nitrogens is 2. The molecule has 0 spiro atoms. The molecule has 0 aliphatic carbocycles. The second kappa shape index (κ2) is 6.23. The van der Waals surface area contributed by atoms with E-state index in [0.717, 1.165) is 13.0 Å². The molecule has 3 heteroatoms. The highest BCUT2D eigenvalue weighted by molar-refractivity contribution is 5.41. The Morgan fingerprint density at radius 1 is 1.15 bits per heavy atom. The summed E-state index contributed by atoms with van der Waals surface area (Å²) in [7, 11) is 2.05. The number of hydrogen-bond acceptors (Lipinski definition) is 2. The number of aryl methyl sites for hydroxylation is 4. The second-order valence-electron chi connectivity index (χ2n) is 5.61. The molecule has 1 atom stereocenters. The lowest BCUT2D eigenvalue weighted by Gasteiger charge is -2.22. The minimum absolute atomic E-state index is 0.210. The van der Waals surface area contributed by atoms with Crippen LogP contribution in [-0.2, 0) is 7.05 Å². The van der Waals surface area contributed by atoms with Gasteiger partial charge in [0.2, 0.25) is 0 Å². The molecule has 0 saturated heterocycles. The first-order chi connectivity index (χ1) is 9.54. The van der Waals surface area contributed by atoms with Gasteiger partial charge in [0.1, 0.15) is 0 Å². The quantitative estimate of drug-likeness (QED) is 0.903. The average Bonchev–Trinajstić information content (AvgIpc) is 2.82.